The van der Waals surface area contributed by atoms with Crippen LogP contribution in [0.15, 0.2) is 46.9 Å². The Hall–Kier alpha value is -1.81. The largest absolute Gasteiger partial charge is 0.399 e. The molecule has 0 aliphatic rings. The van der Waals surface area contributed by atoms with E-state index in [1.165, 1.54) is 0 Å². The average Bonchev–Trinajstić information content (AvgIpc) is 2.48. The number of nitrogens with two attached hydrogens (primary N) is 1. The molecule has 0 heterocycles. The van der Waals surface area contributed by atoms with Crippen molar-refractivity contribution in [3.63, 3.8) is 0 Å². The summed E-state index contributed by atoms with van der Waals surface area (Å²) < 4.78 is 0.849. The van der Waals surface area contributed by atoms with Gasteiger partial charge in [-0.1, -0.05) is 24.3 Å². The van der Waals surface area contributed by atoms with E-state index in [-0.39, 0.29) is 11.9 Å². The molecule has 1 atom stereocenters. The third kappa shape index (κ3) is 3.27. The molecule has 0 spiro atoms. The lowest BCUT2D eigenvalue weighted by molar-refractivity contribution is 0.0741. The number of hydrogen-bond donors (Lipinski definition) is 1. The predicted octanol–water partition coefficient (Wildman–Crippen LogP) is 4.17. The van der Waals surface area contributed by atoms with Gasteiger partial charge in [0.05, 0.1) is 11.6 Å². The summed E-state index contributed by atoms with van der Waals surface area (Å²) >= 11 is 3.50. The van der Waals surface area contributed by atoms with Crippen LogP contribution in [0.25, 0.3) is 0 Å². The van der Waals surface area contributed by atoms with E-state index in [0.29, 0.717) is 11.3 Å². The van der Waals surface area contributed by atoms with Crippen molar-refractivity contribution < 1.29 is 4.79 Å². The molecule has 2 N–H and O–H groups in total. The van der Waals surface area contributed by atoms with Crippen LogP contribution < -0.4 is 5.73 Å². The van der Waals surface area contributed by atoms with Crippen molar-refractivity contribution in [1.82, 2.24) is 4.90 Å². The van der Waals surface area contributed by atoms with Gasteiger partial charge in [0.1, 0.15) is 0 Å². The monoisotopic (exact) mass is 346 g/mol. The Balaban J connectivity index is 2.29. The predicted molar refractivity (Wildman–Crippen MR) is 90.2 cm³/mol. The van der Waals surface area contributed by atoms with Gasteiger partial charge in [0.25, 0.3) is 5.91 Å². The second kappa shape index (κ2) is 6.31. The van der Waals surface area contributed by atoms with Crippen molar-refractivity contribution in [2.75, 3.05) is 12.8 Å². The maximum atomic E-state index is 12.7. The van der Waals surface area contributed by atoms with Gasteiger partial charge in [-0.3, -0.25) is 4.79 Å². The smallest absolute Gasteiger partial charge is 0.255 e. The normalized spacial score (nSPS) is 12.0. The van der Waals surface area contributed by atoms with E-state index in [9.17, 15) is 4.79 Å². The highest BCUT2D eigenvalue weighted by Crippen LogP contribution is 2.26. The number of carbonyl (C=O) groups excluding carboxylic acids is 1. The molecule has 110 valence electrons. The number of aryl methyl sites for hydroxylation is 1. The number of carbonyl (C=O) groups is 1. The first-order chi connectivity index (χ1) is 9.91. The minimum Gasteiger partial charge on any atom is -0.399 e. The molecule has 2 rings (SSSR count). The van der Waals surface area contributed by atoms with E-state index in [2.05, 4.69) is 15.9 Å². The van der Waals surface area contributed by atoms with Crippen LogP contribution in [0.4, 0.5) is 5.69 Å². The van der Waals surface area contributed by atoms with Crippen LogP contribution in [0.1, 0.15) is 34.5 Å². The van der Waals surface area contributed by atoms with Crippen molar-refractivity contribution in [1.29, 1.82) is 0 Å². The third-order valence-corrected chi connectivity index (χ3v) is 4.77. The lowest BCUT2D eigenvalue weighted by atomic mass is 10.0. The van der Waals surface area contributed by atoms with Crippen LogP contribution in [0.3, 0.4) is 0 Å². The molecular weight excluding hydrogens is 328 g/mol. The first-order valence-electron chi connectivity index (χ1n) is 6.79. The Labute approximate surface area is 133 Å². The molecule has 3 nitrogen and oxygen atoms in total. The maximum absolute atomic E-state index is 12.7. The molecule has 0 bridgehead atoms. The minimum absolute atomic E-state index is 0.0134. The third-order valence-electron chi connectivity index (χ3n) is 3.72. The average molecular weight is 347 g/mol. The number of amides is 1. The van der Waals surface area contributed by atoms with Crippen LogP contribution in [0.5, 0.6) is 0 Å². The molecule has 0 aliphatic carbocycles. The van der Waals surface area contributed by atoms with E-state index >= 15 is 0 Å². The van der Waals surface area contributed by atoms with E-state index in [1.807, 2.05) is 63.4 Å². The summed E-state index contributed by atoms with van der Waals surface area (Å²) in [5.74, 6) is -0.0134. The summed E-state index contributed by atoms with van der Waals surface area (Å²) in [7, 11) is 1.81. The van der Waals surface area contributed by atoms with E-state index in [4.69, 9.17) is 5.73 Å². The fourth-order valence-corrected chi connectivity index (χ4v) is 2.65. The highest BCUT2D eigenvalue weighted by Gasteiger charge is 2.21. The Morgan fingerprint density at radius 2 is 1.90 bits per heavy atom. The Kier molecular flexibility index (Phi) is 4.68. The van der Waals surface area contributed by atoms with Crippen molar-refractivity contribution in [2.24, 2.45) is 0 Å². The SMILES string of the molecule is Cc1cccc(C(=O)N(C)C(C)c2cccc(N)c2)c1Br. The number of hydrogen-bond acceptors (Lipinski definition) is 2. The lowest BCUT2D eigenvalue weighted by Gasteiger charge is -2.26. The van der Waals surface area contributed by atoms with E-state index in [0.717, 1.165) is 15.6 Å². The summed E-state index contributed by atoms with van der Waals surface area (Å²) in [5.41, 5.74) is 9.27. The number of nitrogens with zero attached hydrogens (tertiary/aromatic N) is 1. The van der Waals surface area contributed by atoms with Crippen LogP contribution in [-0.2, 0) is 0 Å². The van der Waals surface area contributed by atoms with Crippen LogP contribution in [0.2, 0.25) is 0 Å². The van der Waals surface area contributed by atoms with Gasteiger partial charge < -0.3 is 10.6 Å². The summed E-state index contributed by atoms with van der Waals surface area (Å²) in [4.78, 5) is 14.4. The molecule has 0 saturated carbocycles. The van der Waals surface area contributed by atoms with Gasteiger partial charge >= 0.3 is 0 Å². The van der Waals surface area contributed by atoms with Gasteiger partial charge in [-0.15, -0.1) is 0 Å². The van der Waals surface area contributed by atoms with E-state index in [1.54, 1.807) is 4.90 Å². The molecule has 0 saturated heterocycles. The van der Waals surface area contributed by atoms with Crippen LogP contribution in [-0.4, -0.2) is 17.9 Å². The van der Waals surface area contributed by atoms with Crippen molar-refractivity contribution in [3.8, 4) is 0 Å². The molecule has 4 heteroatoms. The molecule has 2 aromatic carbocycles. The zero-order valence-corrected chi connectivity index (χ0v) is 14.0. The lowest BCUT2D eigenvalue weighted by Crippen LogP contribution is -2.30. The molecule has 0 aromatic heterocycles. The topological polar surface area (TPSA) is 46.3 Å². The number of rotatable bonds is 3. The highest BCUT2D eigenvalue weighted by molar-refractivity contribution is 9.10. The van der Waals surface area contributed by atoms with Crippen molar-refractivity contribution in [3.05, 3.63) is 63.6 Å². The molecule has 0 aliphatic heterocycles. The first-order valence-corrected chi connectivity index (χ1v) is 7.59. The standard InChI is InChI=1S/C17H19BrN2O/c1-11-6-4-9-15(16(11)18)17(21)20(3)12(2)13-7-5-8-14(19)10-13/h4-10,12H,19H2,1-3H3. The quantitative estimate of drug-likeness (QED) is 0.847. The molecule has 21 heavy (non-hydrogen) atoms. The van der Waals surface area contributed by atoms with Crippen LogP contribution in [0, 0.1) is 6.92 Å². The van der Waals surface area contributed by atoms with Gasteiger partial charge in [0.2, 0.25) is 0 Å². The Bertz CT molecular complexity index is 670. The number of benzene rings is 2. The fraction of sp³-hybridized carbons (Fsp3) is 0.235. The zero-order chi connectivity index (χ0) is 15.6. The van der Waals surface area contributed by atoms with Gasteiger partial charge in [0, 0.05) is 17.2 Å². The van der Waals surface area contributed by atoms with Gasteiger partial charge in [-0.05, 0) is 59.1 Å². The number of anilines is 1. The van der Waals surface area contributed by atoms with Gasteiger partial charge in [-0.2, -0.15) is 0 Å². The zero-order valence-electron chi connectivity index (χ0n) is 12.4. The second-order valence-electron chi connectivity index (χ2n) is 5.20. The number of halogens is 1. The second-order valence-corrected chi connectivity index (χ2v) is 5.99. The van der Waals surface area contributed by atoms with Crippen molar-refractivity contribution >= 4 is 27.5 Å². The first kappa shape index (κ1) is 15.6. The molecule has 2 aromatic rings. The Morgan fingerprint density at radius 1 is 1.24 bits per heavy atom. The fourth-order valence-electron chi connectivity index (χ4n) is 2.22. The molecule has 1 unspecified atom stereocenters. The van der Waals surface area contributed by atoms with Crippen molar-refractivity contribution in [2.45, 2.75) is 19.9 Å². The van der Waals surface area contributed by atoms with Gasteiger partial charge in [0.15, 0.2) is 0 Å². The van der Waals surface area contributed by atoms with Gasteiger partial charge in [-0.25, -0.2) is 0 Å². The highest BCUT2D eigenvalue weighted by atomic mass is 79.9. The molecule has 1 amide bonds. The Morgan fingerprint density at radius 3 is 2.57 bits per heavy atom. The van der Waals surface area contributed by atoms with Crippen LogP contribution >= 0.6 is 15.9 Å². The molecule has 0 fully saturated rings. The number of nitrogen functional groups attached to an aromatic ring is 1. The van der Waals surface area contributed by atoms with E-state index < -0.39 is 0 Å². The molecule has 0 radical (unpaired) electrons. The molecular formula is C17H19BrN2O. The minimum atomic E-state index is -0.0478. The summed E-state index contributed by atoms with van der Waals surface area (Å²) in [5, 5.41) is 0. The summed E-state index contributed by atoms with van der Waals surface area (Å²) in [6, 6.07) is 13.3. The summed E-state index contributed by atoms with van der Waals surface area (Å²) in [6.07, 6.45) is 0. The summed E-state index contributed by atoms with van der Waals surface area (Å²) in [6.45, 7) is 3.97. The maximum Gasteiger partial charge on any atom is 0.255 e.